The smallest absolute Gasteiger partial charge is 0.252 e. The minimum atomic E-state index is -0.811. The molecule has 0 spiro atoms. The number of likely N-dealkylation sites (N-methyl/N-ethyl adjacent to an activating group) is 1. The maximum absolute atomic E-state index is 12.1. The van der Waals surface area contributed by atoms with Gasteiger partial charge in [0.05, 0.1) is 19.3 Å². The number of fused-ring (bicyclic) bond motifs is 1. The van der Waals surface area contributed by atoms with Crippen LogP contribution >= 0.6 is 0 Å². The number of benzene rings is 1. The Morgan fingerprint density at radius 2 is 2.14 bits per heavy atom. The molecule has 0 aliphatic carbocycles. The predicted octanol–water partition coefficient (Wildman–Crippen LogP) is 0.712. The van der Waals surface area contributed by atoms with E-state index in [1.165, 1.54) is 0 Å². The fourth-order valence-corrected chi connectivity index (χ4v) is 2.38. The molecule has 0 amide bonds. The highest BCUT2D eigenvalue weighted by Crippen LogP contribution is 2.19. The molecule has 0 bridgehead atoms. The van der Waals surface area contributed by atoms with Gasteiger partial charge in [-0.1, -0.05) is 0 Å². The van der Waals surface area contributed by atoms with Crippen molar-refractivity contribution in [1.29, 1.82) is 0 Å². The Morgan fingerprint density at radius 3 is 2.82 bits per heavy atom. The highest BCUT2D eigenvalue weighted by Gasteiger charge is 2.10. The van der Waals surface area contributed by atoms with Gasteiger partial charge in [0.15, 0.2) is 0 Å². The first-order valence-electron chi connectivity index (χ1n) is 7.29. The Kier molecular flexibility index (Phi) is 5.54. The second-order valence-corrected chi connectivity index (χ2v) is 5.34. The number of nitrogens with one attached hydrogen (secondary N) is 1. The number of nitrogens with zero attached hydrogens (tertiary/aromatic N) is 1. The molecular formula is C16H22N2O4. The molecule has 0 unspecified atom stereocenters. The van der Waals surface area contributed by atoms with Crippen LogP contribution in [0.15, 0.2) is 29.1 Å². The molecule has 0 saturated carbocycles. The van der Waals surface area contributed by atoms with Crippen LogP contribution in [-0.4, -0.2) is 53.0 Å². The van der Waals surface area contributed by atoms with Crippen molar-refractivity contribution < 1.29 is 14.9 Å². The molecule has 2 aromatic rings. The summed E-state index contributed by atoms with van der Waals surface area (Å²) >= 11 is 0. The second-order valence-electron chi connectivity index (χ2n) is 5.34. The zero-order valence-corrected chi connectivity index (χ0v) is 12.9. The lowest BCUT2D eigenvalue weighted by atomic mass is 10.1. The molecule has 1 atom stereocenters. The lowest BCUT2D eigenvalue weighted by Crippen LogP contribution is -2.32. The van der Waals surface area contributed by atoms with Crippen molar-refractivity contribution in [1.82, 2.24) is 9.88 Å². The number of ether oxygens (including phenoxy) is 1. The molecule has 0 saturated heterocycles. The van der Waals surface area contributed by atoms with Crippen LogP contribution in [0.4, 0.5) is 0 Å². The van der Waals surface area contributed by atoms with Gasteiger partial charge in [0, 0.05) is 29.6 Å². The summed E-state index contributed by atoms with van der Waals surface area (Å²) in [6.45, 7) is 2.90. The van der Waals surface area contributed by atoms with E-state index < -0.39 is 6.10 Å². The van der Waals surface area contributed by atoms with Crippen LogP contribution in [0.1, 0.15) is 12.5 Å². The zero-order valence-electron chi connectivity index (χ0n) is 12.9. The van der Waals surface area contributed by atoms with Gasteiger partial charge in [0.1, 0.15) is 5.75 Å². The first-order valence-corrected chi connectivity index (χ1v) is 7.29. The normalized spacial score (nSPS) is 12.8. The Bertz CT molecular complexity index is 683. The maximum atomic E-state index is 12.1. The summed E-state index contributed by atoms with van der Waals surface area (Å²) in [5, 5.41) is 19.2. The van der Waals surface area contributed by atoms with Crippen molar-refractivity contribution >= 4 is 10.9 Å². The molecule has 1 aromatic heterocycles. The van der Waals surface area contributed by atoms with Crippen molar-refractivity contribution in [3.05, 3.63) is 40.2 Å². The lowest BCUT2D eigenvalue weighted by Gasteiger charge is -2.19. The summed E-state index contributed by atoms with van der Waals surface area (Å²) in [5.41, 5.74) is 1.21. The van der Waals surface area contributed by atoms with E-state index in [1.54, 1.807) is 11.9 Å². The Morgan fingerprint density at radius 1 is 1.36 bits per heavy atom. The maximum Gasteiger partial charge on any atom is 0.252 e. The number of pyridine rings is 1. The number of rotatable bonds is 7. The van der Waals surface area contributed by atoms with Crippen LogP contribution in [-0.2, 0) is 6.54 Å². The summed E-state index contributed by atoms with van der Waals surface area (Å²) in [6, 6.07) is 7.37. The Hall–Kier alpha value is -1.89. The van der Waals surface area contributed by atoms with Gasteiger partial charge < -0.3 is 19.9 Å². The molecule has 0 radical (unpaired) electrons. The largest absolute Gasteiger partial charge is 0.494 e. The van der Waals surface area contributed by atoms with Gasteiger partial charge >= 0.3 is 0 Å². The first kappa shape index (κ1) is 16.5. The van der Waals surface area contributed by atoms with Crippen LogP contribution in [0.25, 0.3) is 10.9 Å². The molecule has 2 rings (SSSR count). The van der Waals surface area contributed by atoms with Crippen molar-refractivity contribution in [3.63, 3.8) is 0 Å². The van der Waals surface area contributed by atoms with Crippen molar-refractivity contribution in [2.75, 3.05) is 26.8 Å². The van der Waals surface area contributed by atoms with Crippen LogP contribution in [0.3, 0.4) is 0 Å². The average molecular weight is 306 g/mol. The molecule has 0 aliphatic rings. The van der Waals surface area contributed by atoms with Gasteiger partial charge in [0.25, 0.3) is 5.56 Å². The standard InChI is InChI=1S/C16H22N2O4/c1-3-22-14-4-5-15-11(7-14)6-12(16(21)17-15)8-18(2)9-13(20)10-19/h4-7,13,19-20H,3,8-10H2,1-2H3,(H,17,21)/t13-/m0/s1. The molecule has 22 heavy (non-hydrogen) atoms. The number of hydrogen-bond donors (Lipinski definition) is 3. The number of H-pyrrole nitrogens is 1. The van der Waals surface area contributed by atoms with E-state index in [2.05, 4.69) is 4.98 Å². The Labute approximate surface area is 129 Å². The zero-order chi connectivity index (χ0) is 16.1. The van der Waals surface area contributed by atoms with E-state index in [4.69, 9.17) is 9.84 Å². The van der Waals surface area contributed by atoms with E-state index in [9.17, 15) is 9.90 Å². The van der Waals surface area contributed by atoms with E-state index in [0.717, 1.165) is 16.7 Å². The second kappa shape index (κ2) is 7.40. The molecule has 6 heteroatoms. The van der Waals surface area contributed by atoms with E-state index >= 15 is 0 Å². The average Bonchev–Trinajstić information content (AvgIpc) is 2.48. The van der Waals surface area contributed by atoms with Gasteiger partial charge in [-0.25, -0.2) is 0 Å². The highest BCUT2D eigenvalue weighted by molar-refractivity contribution is 5.80. The molecule has 6 nitrogen and oxygen atoms in total. The first-order chi connectivity index (χ1) is 10.5. The van der Waals surface area contributed by atoms with E-state index in [-0.39, 0.29) is 12.2 Å². The monoisotopic (exact) mass is 306 g/mol. The molecule has 1 aromatic carbocycles. The molecule has 0 aliphatic heterocycles. The number of aromatic amines is 1. The van der Waals surface area contributed by atoms with Crippen LogP contribution in [0, 0.1) is 0 Å². The van der Waals surface area contributed by atoms with Crippen LogP contribution in [0.5, 0.6) is 5.75 Å². The fourth-order valence-electron chi connectivity index (χ4n) is 2.38. The minimum Gasteiger partial charge on any atom is -0.494 e. The third-order valence-corrected chi connectivity index (χ3v) is 3.38. The molecule has 120 valence electrons. The summed E-state index contributed by atoms with van der Waals surface area (Å²) in [4.78, 5) is 16.8. The number of aromatic nitrogens is 1. The Balaban J connectivity index is 2.25. The van der Waals surface area contributed by atoms with Crippen LogP contribution in [0.2, 0.25) is 0 Å². The fraction of sp³-hybridized carbons (Fsp3) is 0.438. The van der Waals surface area contributed by atoms with Crippen molar-refractivity contribution in [2.45, 2.75) is 19.6 Å². The topological polar surface area (TPSA) is 85.8 Å². The molecule has 0 fully saturated rings. The van der Waals surface area contributed by atoms with Crippen molar-refractivity contribution in [3.8, 4) is 5.75 Å². The summed E-state index contributed by atoms with van der Waals surface area (Å²) < 4.78 is 5.47. The third kappa shape index (κ3) is 4.07. The predicted molar refractivity (Wildman–Crippen MR) is 85.2 cm³/mol. The molecule has 3 N–H and O–H groups in total. The van der Waals surface area contributed by atoms with Gasteiger partial charge in [-0.2, -0.15) is 0 Å². The van der Waals surface area contributed by atoms with Gasteiger partial charge in [-0.3, -0.25) is 9.69 Å². The van der Waals surface area contributed by atoms with E-state index in [1.807, 2.05) is 31.2 Å². The minimum absolute atomic E-state index is 0.151. The molecular weight excluding hydrogens is 284 g/mol. The van der Waals surface area contributed by atoms with Gasteiger partial charge in [-0.15, -0.1) is 0 Å². The lowest BCUT2D eigenvalue weighted by molar-refractivity contribution is 0.0647. The van der Waals surface area contributed by atoms with Gasteiger partial charge in [-0.05, 0) is 38.2 Å². The number of aliphatic hydroxyl groups is 2. The SMILES string of the molecule is CCOc1ccc2[nH]c(=O)c(CN(C)C[C@H](O)CO)cc2c1. The van der Waals surface area contributed by atoms with Gasteiger partial charge in [0.2, 0.25) is 0 Å². The number of aliphatic hydroxyl groups excluding tert-OH is 2. The number of hydrogen-bond acceptors (Lipinski definition) is 5. The summed E-state index contributed by atoms with van der Waals surface area (Å²) in [6.07, 6.45) is -0.811. The molecule has 1 heterocycles. The van der Waals surface area contributed by atoms with E-state index in [0.29, 0.717) is 25.3 Å². The van der Waals surface area contributed by atoms with Crippen LogP contribution < -0.4 is 10.3 Å². The summed E-state index contributed by atoms with van der Waals surface area (Å²) in [5.74, 6) is 0.761. The quantitative estimate of drug-likeness (QED) is 0.701. The third-order valence-electron chi connectivity index (χ3n) is 3.38. The van der Waals surface area contributed by atoms with Crippen molar-refractivity contribution in [2.24, 2.45) is 0 Å². The summed E-state index contributed by atoms with van der Waals surface area (Å²) in [7, 11) is 1.79. The highest BCUT2D eigenvalue weighted by atomic mass is 16.5.